The van der Waals surface area contributed by atoms with Gasteiger partial charge < -0.3 is 9.47 Å². The zero-order valence-corrected chi connectivity index (χ0v) is 13.5. The van der Waals surface area contributed by atoms with Gasteiger partial charge in [0.1, 0.15) is 5.75 Å². The van der Waals surface area contributed by atoms with Crippen LogP contribution in [0.1, 0.15) is 12.5 Å². The lowest BCUT2D eigenvalue weighted by molar-refractivity contribution is 0.413. The Kier molecular flexibility index (Phi) is 4.70. The molecule has 0 radical (unpaired) electrons. The van der Waals surface area contributed by atoms with Gasteiger partial charge in [-0.2, -0.15) is 0 Å². The molecule has 2 heterocycles. The second-order valence-corrected chi connectivity index (χ2v) is 5.15. The summed E-state index contributed by atoms with van der Waals surface area (Å²) < 4.78 is 25.3. The van der Waals surface area contributed by atoms with E-state index in [1.807, 2.05) is 19.1 Å². The maximum atomic E-state index is 14.2. The Morgan fingerprint density at radius 3 is 2.67 bits per heavy atom. The van der Waals surface area contributed by atoms with Crippen molar-refractivity contribution in [3.8, 4) is 28.5 Å². The Bertz CT molecular complexity index is 852. The Hall–Kier alpha value is -2.95. The monoisotopic (exact) mass is 324 g/mol. The van der Waals surface area contributed by atoms with Crippen LogP contribution in [-0.2, 0) is 6.42 Å². The highest BCUT2D eigenvalue weighted by molar-refractivity contribution is 5.73. The van der Waals surface area contributed by atoms with Crippen LogP contribution < -0.4 is 9.47 Å². The first-order chi connectivity index (χ1) is 11.7. The van der Waals surface area contributed by atoms with E-state index >= 15 is 0 Å². The van der Waals surface area contributed by atoms with Gasteiger partial charge in [0, 0.05) is 29.7 Å². The molecule has 0 saturated carbocycles. The van der Waals surface area contributed by atoms with Crippen LogP contribution in [0.25, 0.3) is 11.1 Å². The van der Waals surface area contributed by atoms with Crippen molar-refractivity contribution in [1.82, 2.24) is 9.97 Å². The molecule has 0 spiro atoms. The fourth-order valence-corrected chi connectivity index (χ4v) is 2.39. The smallest absolute Gasteiger partial charge is 0.227 e. The first-order valence-electron chi connectivity index (χ1n) is 7.62. The van der Waals surface area contributed by atoms with Gasteiger partial charge >= 0.3 is 0 Å². The van der Waals surface area contributed by atoms with Gasteiger partial charge in [-0.1, -0.05) is 13.0 Å². The predicted octanol–water partition coefficient (Wildman–Crippen LogP) is 4.65. The molecule has 0 bridgehead atoms. The average molecular weight is 324 g/mol. The molecule has 2 aromatic heterocycles. The molecule has 0 aliphatic carbocycles. The number of benzene rings is 1. The lowest BCUT2D eigenvalue weighted by Crippen LogP contribution is -1.96. The third-order valence-electron chi connectivity index (χ3n) is 3.67. The van der Waals surface area contributed by atoms with E-state index in [2.05, 4.69) is 9.97 Å². The van der Waals surface area contributed by atoms with Crippen LogP contribution in [0.15, 0.2) is 55.0 Å². The van der Waals surface area contributed by atoms with Gasteiger partial charge in [-0.15, -0.1) is 0 Å². The summed E-state index contributed by atoms with van der Waals surface area (Å²) in [5.41, 5.74) is 2.32. The number of hydrogen-bond acceptors (Lipinski definition) is 4. The molecule has 24 heavy (non-hydrogen) atoms. The van der Waals surface area contributed by atoms with Crippen LogP contribution >= 0.6 is 0 Å². The van der Waals surface area contributed by atoms with Gasteiger partial charge in [-0.25, -0.2) is 9.37 Å². The van der Waals surface area contributed by atoms with Crippen molar-refractivity contribution in [3.63, 3.8) is 0 Å². The molecule has 1 aromatic carbocycles. The van der Waals surface area contributed by atoms with E-state index in [9.17, 15) is 4.39 Å². The van der Waals surface area contributed by atoms with E-state index in [1.165, 1.54) is 6.07 Å². The molecule has 0 aliphatic rings. The molecule has 3 rings (SSSR count). The Balaban J connectivity index is 2.01. The summed E-state index contributed by atoms with van der Waals surface area (Å²) in [6, 6.07) is 10.3. The quantitative estimate of drug-likeness (QED) is 0.685. The highest BCUT2D eigenvalue weighted by atomic mass is 19.1. The zero-order chi connectivity index (χ0) is 16.9. The molecule has 0 aliphatic heterocycles. The van der Waals surface area contributed by atoms with Crippen LogP contribution in [0, 0.1) is 5.82 Å². The van der Waals surface area contributed by atoms with Gasteiger partial charge in [0.15, 0.2) is 11.6 Å². The highest BCUT2D eigenvalue weighted by Gasteiger charge is 2.15. The standard InChI is InChI=1S/C19H17FN2O2/c1-3-13-6-7-18(16(20)11-13)24-19-14(5-4-9-22-19)15-12-21-10-8-17(15)23-2/h4-12H,3H2,1-2H3. The molecule has 5 heteroatoms. The molecule has 0 saturated heterocycles. The van der Waals surface area contributed by atoms with E-state index in [1.54, 1.807) is 43.9 Å². The summed E-state index contributed by atoms with van der Waals surface area (Å²) in [6.07, 6.45) is 5.67. The fourth-order valence-electron chi connectivity index (χ4n) is 2.39. The number of aromatic nitrogens is 2. The number of methoxy groups -OCH3 is 1. The Morgan fingerprint density at radius 1 is 1.04 bits per heavy atom. The second-order valence-electron chi connectivity index (χ2n) is 5.15. The maximum absolute atomic E-state index is 14.2. The van der Waals surface area contributed by atoms with Crippen LogP contribution in [0.5, 0.6) is 17.4 Å². The Labute approximate surface area is 139 Å². The molecule has 122 valence electrons. The third-order valence-corrected chi connectivity index (χ3v) is 3.67. The maximum Gasteiger partial charge on any atom is 0.227 e. The number of halogens is 1. The van der Waals surface area contributed by atoms with Gasteiger partial charge in [0.25, 0.3) is 0 Å². The molecule has 0 fully saturated rings. The van der Waals surface area contributed by atoms with E-state index in [0.717, 1.165) is 17.5 Å². The minimum absolute atomic E-state index is 0.134. The van der Waals surface area contributed by atoms with Crippen molar-refractivity contribution in [2.45, 2.75) is 13.3 Å². The molecule has 0 amide bonds. The van der Waals surface area contributed by atoms with Crippen LogP contribution in [0.3, 0.4) is 0 Å². The molecule has 0 atom stereocenters. The SMILES string of the molecule is CCc1ccc(Oc2ncccc2-c2cnccc2OC)c(F)c1. The fraction of sp³-hybridized carbons (Fsp3) is 0.158. The zero-order valence-electron chi connectivity index (χ0n) is 13.5. The lowest BCUT2D eigenvalue weighted by Gasteiger charge is -2.13. The third kappa shape index (κ3) is 3.20. The second kappa shape index (κ2) is 7.08. The number of pyridine rings is 2. The van der Waals surface area contributed by atoms with Gasteiger partial charge in [0.2, 0.25) is 5.88 Å². The highest BCUT2D eigenvalue weighted by Crippen LogP contribution is 2.36. The number of aryl methyl sites for hydroxylation is 1. The lowest BCUT2D eigenvalue weighted by atomic mass is 10.1. The molecule has 3 aromatic rings. The summed E-state index contributed by atoms with van der Waals surface area (Å²) in [7, 11) is 1.58. The number of ether oxygens (including phenoxy) is 2. The number of hydrogen-bond donors (Lipinski definition) is 0. The van der Waals surface area contributed by atoms with Crippen molar-refractivity contribution in [3.05, 3.63) is 66.4 Å². The van der Waals surface area contributed by atoms with Gasteiger partial charge in [0.05, 0.1) is 7.11 Å². The topological polar surface area (TPSA) is 44.2 Å². The number of rotatable bonds is 5. The molecule has 0 unspecified atom stereocenters. The largest absolute Gasteiger partial charge is 0.496 e. The minimum Gasteiger partial charge on any atom is -0.496 e. The first kappa shape index (κ1) is 15.9. The molecule has 0 N–H and O–H groups in total. The summed E-state index contributed by atoms with van der Waals surface area (Å²) in [6.45, 7) is 1.97. The van der Waals surface area contributed by atoms with Crippen molar-refractivity contribution in [1.29, 1.82) is 0 Å². The summed E-state index contributed by atoms with van der Waals surface area (Å²) in [5.74, 6) is 0.663. The van der Waals surface area contributed by atoms with Crippen molar-refractivity contribution >= 4 is 0 Å². The minimum atomic E-state index is -0.413. The van der Waals surface area contributed by atoms with E-state index in [4.69, 9.17) is 9.47 Å². The normalized spacial score (nSPS) is 10.5. The van der Waals surface area contributed by atoms with Crippen LogP contribution in [0.2, 0.25) is 0 Å². The average Bonchev–Trinajstić information content (AvgIpc) is 2.63. The van der Waals surface area contributed by atoms with Gasteiger partial charge in [-0.3, -0.25) is 4.98 Å². The van der Waals surface area contributed by atoms with Crippen LogP contribution in [0.4, 0.5) is 4.39 Å². The molecular formula is C19H17FN2O2. The van der Waals surface area contributed by atoms with E-state index in [0.29, 0.717) is 17.2 Å². The van der Waals surface area contributed by atoms with Gasteiger partial charge in [-0.05, 0) is 42.3 Å². The van der Waals surface area contributed by atoms with Crippen molar-refractivity contribution in [2.75, 3.05) is 7.11 Å². The van der Waals surface area contributed by atoms with Crippen molar-refractivity contribution < 1.29 is 13.9 Å². The van der Waals surface area contributed by atoms with E-state index < -0.39 is 5.82 Å². The summed E-state index contributed by atoms with van der Waals surface area (Å²) in [5, 5.41) is 0. The van der Waals surface area contributed by atoms with Crippen LogP contribution in [-0.4, -0.2) is 17.1 Å². The van der Waals surface area contributed by atoms with E-state index in [-0.39, 0.29) is 5.75 Å². The summed E-state index contributed by atoms with van der Waals surface area (Å²) >= 11 is 0. The summed E-state index contributed by atoms with van der Waals surface area (Å²) in [4.78, 5) is 8.36. The predicted molar refractivity (Wildman–Crippen MR) is 89.9 cm³/mol. The number of nitrogens with zero attached hydrogens (tertiary/aromatic N) is 2. The Morgan fingerprint density at radius 2 is 1.92 bits per heavy atom. The molecule has 4 nitrogen and oxygen atoms in total. The first-order valence-corrected chi connectivity index (χ1v) is 7.62. The molecular weight excluding hydrogens is 307 g/mol. The van der Waals surface area contributed by atoms with Crippen molar-refractivity contribution in [2.24, 2.45) is 0 Å².